The summed E-state index contributed by atoms with van der Waals surface area (Å²) in [6, 6.07) is 9.26. The number of anilines is 2. The molecule has 1 N–H and O–H groups in total. The smallest absolute Gasteiger partial charge is 0.229 e. The van der Waals surface area contributed by atoms with E-state index in [1.165, 1.54) is 11.3 Å². The van der Waals surface area contributed by atoms with Crippen LogP contribution in [0.3, 0.4) is 0 Å². The topological polar surface area (TPSA) is 81.5 Å². The van der Waals surface area contributed by atoms with Crippen LogP contribution in [0.4, 0.5) is 10.8 Å². The number of rotatable bonds is 6. The number of nitrogens with zero attached hydrogens (tertiary/aromatic N) is 4. The van der Waals surface area contributed by atoms with E-state index in [0.29, 0.717) is 23.7 Å². The highest BCUT2D eigenvalue weighted by Crippen LogP contribution is 2.31. The van der Waals surface area contributed by atoms with Gasteiger partial charge in [0.25, 0.3) is 0 Å². The Morgan fingerprint density at radius 1 is 1.17 bits per heavy atom. The van der Waals surface area contributed by atoms with Gasteiger partial charge in [-0.25, -0.2) is 0 Å². The van der Waals surface area contributed by atoms with E-state index >= 15 is 0 Å². The first kappa shape index (κ1) is 19.3. The van der Waals surface area contributed by atoms with Crippen molar-refractivity contribution < 1.29 is 14.3 Å². The number of carbonyl (C=O) groups is 1. The van der Waals surface area contributed by atoms with E-state index in [-0.39, 0.29) is 11.8 Å². The Hall–Kier alpha value is -3.07. The average molecular weight is 414 g/mol. The van der Waals surface area contributed by atoms with Crippen LogP contribution in [0, 0.1) is 5.92 Å². The number of carbonyl (C=O) groups excluding carboxylic acids is 1. The van der Waals surface area contributed by atoms with Gasteiger partial charge < -0.3 is 19.7 Å². The number of hydrogen-bond donors (Lipinski definition) is 1. The third-order valence-electron chi connectivity index (χ3n) is 4.96. The number of amides is 1. The third kappa shape index (κ3) is 4.19. The summed E-state index contributed by atoms with van der Waals surface area (Å²) in [6.07, 6.45) is 5.64. The molecule has 29 heavy (non-hydrogen) atoms. The molecule has 3 aromatic rings. The summed E-state index contributed by atoms with van der Waals surface area (Å²) >= 11 is 1.52. The van der Waals surface area contributed by atoms with Crippen molar-refractivity contribution >= 4 is 28.1 Å². The maximum Gasteiger partial charge on any atom is 0.229 e. The predicted molar refractivity (Wildman–Crippen MR) is 112 cm³/mol. The average Bonchev–Trinajstić information content (AvgIpc) is 3.45. The fourth-order valence-corrected chi connectivity index (χ4v) is 4.26. The van der Waals surface area contributed by atoms with Crippen molar-refractivity contribution in [1.82, 2.24) is 14.8 Å². The number of benzene rings is 1. The highest BCUT2D eigenvalue weighted by Gasteiger charge is 2.28. The molecule has 8 nitrogen and oxygen atoms in total. The van der Waals surface area contributed by atoms with Gasteiger partial charge in [-0.2, -0.15) is 0 Å². The Kier molecular flexibility index (Phi) is 5.66. The minimum Gasteiger partial charge on any atom is -0.497 e. The molecule has 2 aromatic heterocycles. The minimum atomic E-state index is -0.140. The van der Waals surface area contributed by atoms with Gasteiger partial charge in [-0.1, -0.05) is 11.3 Å². The maximum atomic E-state index is 12.9. The summed E-state index contributed by atoms with van der Waals surface area (Å²) < 4.78 is 12.6. The van der Waals surface area contributed by atoms with Gasteiger partial charge in [0.1, 0.15) is 11.5 Å². The van der Waals surface area contributed by atoms with Gasteiger partial charge in [0.2, 0.25) is 16.2 Å². The first-order valence-corrected chi connectivity index (χ1v) is 10.2. The molecule has 1 fully saturated rings. The molecule has 1 saturated heterocycles. The van der Waals surface area contributed by atoms with E-state index in [1.54, 1.807) is 32.4 Å². The van der Waals surface area contributed by atoms with Crippen LogP contribution in [0.15, 0.2) is 42.7 Å². The molecule has 0 bridgehead atoms. The van der Waals surface area contributed by atoms with Gasteiger partial charge in [0.15, 0.2) is 0 Å². The van der Waals surface area contributed by atoms with E-state index in [4.69, 9.17) is 9.47 Å². The maximum absolute atomic E-state index is 12.9. The van der Waals surface area contributed by atoms with Crippen LogP contribution >= 0.6 is 11.3 Å². The SMILES string of the molecule is COc1ccc(OC)c(NC(=O)[C@@H]2CCCN(c3nnc(-n4cccc4)s3)C2)c1. The first-order chi connectivity index (χ1) is 14.2. The van der Waals surface area contributed by atoms with Gasteiger partial charge >= 0.3 is 0 Å². The van der Waals surface area contributed by atoms with Gasteiger partial charge in [0, 0.05) is 31.5 Å². The molecular formula is C20H23N5O3S. The molecule has 1 atom stereocenters. The lowest BCUT2D eigenvalue weighted by molar-refractivity contribution is -0.120. The molecule has 9 heteroatoms. The predicted octanol–water partition coefficient (Wildman–Crippen LogP) is 3.20. The molecule has 4 rings (SSSR count). The van der Waals surface area contributed by atoms with Crippen molar-refractivity contribution in [2.75, 3.05) is 37.5 Å². The van der Waals surface area contributed by atoms with E-state index < -0.39 is 0 Å². The molecule has 0 unspecified atom stereocenters. The quantitative estimate of drug-likeness (QED) is 0.668. The lowest BCUT2D eigenvalue weighted by Crippen LogP contribution is -2.40. The minimum absolute atomic E-state index is 0.0311. The van der Waals surface area contributed by atoms with Gasteiger partial charge in [-0.15, -0.1) is 10.2 Å². The van der Waals surface area contributed by atoms with Crippen LogP contribution in [0.2, 0.25) is 0 Å². The summed E-state index contributed by atoms with van der Waals surface area (Å²) in [5.41, 5.74) is 0.611. The molecule has 1 aliphatic rings. The molecule has 0 radical (unpaired) electrons. The normalized spacial score (nSPS) is 16.5. The Morgan fingerprint density at radius 3 is 2.72 bits per heavy atom. The summed E-state index contributed by atoms with van der Waals surface area (Å²) in [4.78, 5) is 15.1. The van der Waals surface area contributed by atoms with Gasteiger partial charge in [-0.3, -0.25) is 9.36 Å². The van der Waals surface area contributed by atoms with Crippen LogP contribution in [0.1, 0.15) is 12.8 Å². The van der Waals surface area contributed by atoms with Crippen molar-refractivity contribution in [2.45, 2.75) is 12.8 Å². The number of methoxy groups -OCH3 is 2. The fourth-order valence-electron chi connectivity index (χ4n) is 3.41. The second kappa shape index (κ2) is 8.52. The third-order valence-corrected chi connectivity index (χ3v) is 5.95. The summed E-state index contributed by atoms with van der Waals surface area (Å²) in [7, 11) is 3.17. The molecular weight excluding hydrogens is 390 g/mol. The molecule has 1 aliphatic heterocycles. The number of nitrogens with one attached hydrogen (secondary N) is 1. The van der Waals surface area contributed by atoms with Crippen LogP contribution in [0.5, 0.6) is 11.5 Å². The second-order valence-corrected chi connectivity index (χ2v) is 7.73. The molecule has 1 amide bonds. The lowest BCUT2D eigenvalue weighted by Gasteiger charge is -2.31. The molecule has 3 heterocycles. The number of piperidine rings is 1. The standard InChI is InChI=1S/C20H23N5O3S/c1-27-15-7-8-17(28-2)16(12-15)21-18(26)14-6-5-11-25(13-14)20-23-22-19(29-20)24-9-3-4-10-24/h3-4,7-10,12,14H,5-6,11,13H2,1-2H3,(H,21,26)/t14-/m1/s1. The number of ether oxygens (including phenoxy) is 2. The zero-order valence-electron chi connectivity index (χ0n) is 16.4. The Labute approximate surface area is 173 Å². The first-order valence-electron chi connectivity index (χ1n) is 9.42. The monoisotopic (exact) mass is 413 g/mol. The van der Waals surface area contributed by atoms with E-state index in [9.17, 15) is 4.79 Å². The fraction of sp³-hybridized carbons (Fsp3) is 0.350. The van der Waals surface area contributed by atoms with Crippen molar-refractivity contribution in [2.24, 2.45) is 5.92 Å². The Morgan fingerprint density at radius 2 is 1.97 bits per heavy atom. The highest BCUT2D eigenvalue weighted by atomic mass is 32.1. The van der Waals surface area contributed by atoms with Crippen LogP contribution in [-0.2, 0) is 4.79 Å². The summed E-state index contributed by atoms with van der Waals surface area (Å²) in [5.74, 6) is 1.10. The van der Waals surface area contributed by atoms with E-state index in [0.717, 1.165) is 29.6 Å². The molecule has 0 aliphatic carbocycles. The van der Waals surface area contributed by atoms with Gasteiger partial charge in [0.05, 0.1) is 25.8 Å². The second-order valence-electron chi connectivity index (χ2n) is 6.80. The van der Waals surface area contributed by atoms with Gasteiger partial charge in [-0.05, 0) is 37.1 Å². The van der Waals surface area contributed by atoms with E-state index in [2.05, 4.69) is 20.4 Å². The molecule has 152 valence electrons. The molecule has 0 saturated carbocycles. The summed E-state index contributed by atoms with van der Waals surface area (Å²) in [5, 5.41) is 13.3. The van der Waals surface area contributed by atoms with E-state index in [1.807, 2.05) is 29.1 Å². The number of hydrogen-bond acceptors (Lipinski definition) is 7. The van der Waals surface area contributed by atoms with Crippen LogP contribution in [-0.4, -0.2) is 48.0 Å². The summed E-state index contributed by atoms with van der Waals surface area (Å²) in [6.45, 7) is 1.48. The van der Waals surface area contributed by atoms with Crippen molar-refractivity contribution in [3.8, 4) is 16.6 Å². The zero-order valence-corrected chi connectivity index (χ0v) is 17.2. The van der Waals surface area contributed by atoms with Crippen LogP contribution < -0.4 is 19.7 Å². The Bertz CT molecular complexity index is 972. The largest absolute Gasteiger partial charge is 0.497 e. The zero-order chi connectivity index (χ0) is 20.2. The van der Waals surface area contributed by atoms with Crippen molar-refractivity contribution in [1.29, 1.82) is 0 Å². The highest BCUT2D eigenvalue weighted by molar-refractivity contribution is 7.17. The lowest BCUT2D eigenvalue weighted by atomic mass is 9.97. The molecule has 0 spiro atoms. The molecule has 1 aromatic carbocycles. The Balaban J connectivity index is 1.45. The van der Waals surface area contributed by atoms with Crippen LogP contribution in [0.25, 0.3) is 5.13 Å². The van der Waals surface area contributed by atoms with Crippen molar-refractivity contribution in [3.05, 3.63) is 42.7 Å². The van der Waals surface area contributed by atoms with Crippen molar-refractivity contribution in [3.63, 3.8) is 0 Å². The number of aromatic nitrogens is 3.